The molecule has 0 bridgehead atoms. The first-order valence-corrected chi connectivity index (χ1v) is 13.1. The predicted octanol–water partition coefficient (Wildman–Crippen LogP) is 6.56. The van der Waals surface area contributed by atoms with Crippen LogP contribution in [0.1, 0.15) is 84.3 Å². The lowest BCUT2D eigenvalue weighted by Crippen LogP contribution is -2.08. The lowest BCUT2D eigenvalue weighted by Gasteiger charge is -2.14. The Morgan fingerprint density at radius 2 is 1.78 bits per heavy atom. The standard InChI is InChI=1S/C29H38N4O4/c1-6-10-20(7-2)11-13-27(32-37-19(5)35)21-12-14-28-23(15-21)24-16-22(26(8-3)31-36-18-34)17-25(30)29(24)33(28)9-4/h12,14-18,20H,6-11,13,30H2,1-5H3/b31-26+,32-27+. The van der Waals surface area contributed by atoms with Gasteiger partial charge >= 0.3 is 12.4 Å². The van der Waals surface area contributed by atoms with E-state index in [0.29, 0.717) is 36.6 Å². The molecule has 1 heterocycles. The van der Waals surface area contributed by atoms with Crippen molar-refractivity contribution in [3.8, 4) is 0 Å². The van der Waals surface area contributed by atoms with Crippen molar-refractivity contribution in [1.82, 2.24) is 4.57 Å². The van der Waals surface area contributed by atoms with E-state index < -0.39 is 5.97 Å². The maximum Gasteiger partial charge on any atom is 0.331 e. The second kappa shape index (κ2) is 13.0. The van der Waals surface area contributed by atoms with Crippen LogP contribution in [-0.4, -0.2) is 28.4 Å². The molecule has 0 saturated carbocycles. The number of carbonyl (C=O) groups excluding carboxylic acids is 2. The Morgan fingerprint density at radius 1 is 1.03 bits per heavy atom. The molecule has 0 spiro atoms. The van der Waals surface area contributed by atoms with Crippen molar-refractivity contribution in [2.75, 3.05) is 5.73 Å². The third-order valence-electron chi connectivity index (χ3n) is 6.86. The lowest BCUT2D eigenvalue weighted by molar-refractivity contribution is -0.141. The van der Waals surface area contributed by atoms with Gasteiger partial charge in [0.2, 0.25) is 0 Å². The summed E-state index contributed by atoms with van der Waals surface area (Å²) in [6, 6.07) is 10.1. The van der Waals surface area contributed by atoms with Gasteiger partial charge in [0.1, 0.15) is 0 Å². The van der Waals surface area contributed by atoms with E-state index >= 15 is 0 Å². The van der Waals surface area contributed by atoms with E-state index in [4.69, 9.17) is 10.6 Å². The number of aryl methyl sites for hydroxylation is 1. The molecule has 8 heteroatoms. The molecule has 1 aromatic heterocycles. The predicted molar refractivity (Wildman–Crippen MR) is 150 cm³/mol. The van der Waals surface area contributed by atoms with Crippen molar-refractivity contribution in [3.05, 3.63) is 41.5 Å². The molecule has 1 atom stereocenters. The summed E-state index contributed by atoms with van der Waals surface area (Å²) < 4.78 is 2.19. The molecule has 2 aromatic carbocycles. The summed E-state index contributed by atoms with van der Waals surface area (Å²) in [6.45, 7) is 10.9. The number of hydrogen-bond acceptors (Lipinski definition) is 7. The highest BCUT2D eigenvalue weighted by molar-refractivity contribution is 6.17. The molecule has 0 aliphatic heterocycles. The summed E-state index contributed by atoms with van der Waals surface area (Å²) in [5.74, 6) is 0.157. The number of nitrogens with zero attached hydrogens (tertiary/aromatic N) is 3. The van der Waals surface area contributed by atoms with Crippen LogP contribution < -0.4 is 5.73 Å². The number of nitrogens with two attached hydrogens (primary N) is 1. The molecule has 198 valence electrons. The minimum absolute atomic E-state index is 0.306. The number of hydrogen-bond donors (Lipinski definition) is 1. The fraction of sp³-hybridized carbons (Fsp3) is 0.448. The van der Waals surface area contributed by atoms with Crippen LogP contribution >= 0.6 is 0 Å². The second-order valence-electron chi connectivity index (χ2n) is 9.25. The van der Waals surface area contributed by atoms with Crippen LogP contribution in [0.15, 0.2) is 40.6 Å². The van der Waals surface area contributed by atoms with Gasteiger partial charge in [-0.1, -0.05) is 56.4 Å². The molecular formula is C29H38N4O4. The normalized spacial score (nSPS) is 13.2. The Bertz CT molecular complexity index is 1320. The highest BCUT2D eigenvalue weighted by Gasteiger charge is 2.18. The van der Waals surface area contributed by atoms with E-state index in [1.54, 1.807) is 0 Å². The molecular weight excluding hydrogens is 468 g/mol. The minimum Gasteiger partial charge on any atom is -0.397 e. The lowest BCUT2D eigenvalue weighted by atomic mass is 9.92. The number of nitrogen functional groups attached to an aromatic ring is 1. The van der Waals surface area contributed by atoms with Gasteiger partial charge in [-0.2, -0.15) is 0 Å². The Balaban J connectivity index is 2.18. The van der Waals surface area contributed by atoms with Crippen molar-refractivity contribution in [1.29, 1.82) is 0 Å². The van der Waals surface area contributed by atoms with E-state index in [-0.39, 0.29) is 0 Å². The Kier molecular flexibility index (Phi) is 9.83. The van der Waals surface area contributed by atoms with Gasteiger partial charge in [0.15, 0.2) is 0 Å². The van der Waals surface area contributed by atoms with Gasteiger partial charge in [-0.25, -0.2) is 4.79 Å². The van der Waals surface area contributed by atoms with Crippen LogP contribution in [0.5, 0.6) is 0 Å². The van der Waals surface area contributed by atoms with Crippen molar-refractivity contribution in [3.63, 3.8) is 0 Å². The molecule has 2 N–H and O–H groups in total. The summed E-state index contributed by atoms with van der Waals surface area (Å²) in [7, 11) is 0. The average molecular weight is 507 g/mol. The van der Waals surface area contributed by atoms with Gasteiger partial charge < -0.3 is 20.0 Å². The van der Waals surface area contributed by atoms with Crippen molar-refractivity contribution in [2.45, 2.75) is 79.7 Å². The third kappa shape index (κ3) is 6.37. The van der Waals surface area contributed by atoms with Gasteiger partial charge in [-0.15, -0.1) is 0 Å². The molecule has 3 rings (SSSR count). The van der Waals surface area contributed by atoms with E-state index in [1.807, 2.05) is 25.1 Å². The van der Waals surface area contributed by atoms with E-state index in [9.17, 15) is 9.59 Å². The number of anilines is 1. The summed E-state index contributed by atoms with van der Waals surface area (Å²) >= 11 is 0. The highest BCUT2D eigenvalue weighted by atomic mass is 16.7. The van der Waals surface area contributed by atoms with Crippen LogP contribution in [-0.2, 0) is 25.8 Å². The van der Waals surface area contributed by atoms with E-state index in [2.05, 4.69) is 52.6 Å². The van der Waals surface area contributed by atoms with E-state index in [0.717, 1.165) is 70.9 Å². The van der Waals surface area contributed by atoms with Crippen LogP contribution in [0, 0.1) is 5.92 Å². The summed E-state index contributed by atoms with van der Waals surface area (Å²) in [4.78, 5) is 32.0. The zero-order chi connectivity index (χ0) is 26.9. The number of benzene rings is 2. The molecule has 0 radical (unpaired) electrons. The number of fused-ring (bicyclic) bond motifs is 3. The molecule has 37 heavy (non-hydrogen) atoms. The first kappa shape index (κ1) is 27.9. The maximum atomic E-state index is 11.6. The van der Waals surface area contributed by atoms with Crippen LogP contribution in [0.2, 0.25) is 0 Å². The first-order chi connectivity index (χ1) is 17.9. The fourth-order valence-corrected chi connectivity index (χ4v) is 5.02. The van der Waals surface area contributed by atoms with E-state index in [1.165, 1.54) is 6.92 Å². The summed E-state index contributed by atoms with van der Waals surface area (Å²) in [6.07, 6.45) is 5.68. The number of rotatable bonds is 13. The van der Waals surface area contributed by atoms with Crippen LogP contribution in [0.25, 0.3) is 21.8 Å². The smallest absolute Gasteiger partial charge is 0.331 e. The maximum absolute atomic E-state index is 11.6. The molecule has 0 aliphatic carbocycles. The van der Waals surface area contributed by atoms with Gasteiger partial charge in [0, 0.05) is 40.9 Å². The van der Waals surface area contributed by atoms with Gasteiger partial charge in [0.05, 0.1) is 22.6 Å². The molecule has 0 amide bonds. The van der Waals surface area contributed by atoms with Crippen molar-refractivity contribution in [2.24, 2.45) is 16.2 Å². The molecule has 8 nitrogen and oxygen atoms in total. The molecule has 0 fully saturated rings. The first-order valence-electron chi connectivity index (χ1n) is 13.1. The molecule has 1 unspecified atom stereocenters. The number of oxime groups is 2. The molecule has 3 aromatic rings. The Morgan fingerprint density at radius 3 is 2.41 bits per heavy atom. The van der Waals surface area contributed by atoms with Gasteiger partial charge in [-0.05, 0) is 56.4 Å². The number of aromatic nitrogens is 1. The summed E-state index contributed by atoms with van der Waals surface area (Å²) in [5, 5.41) is 10.2. The quantitative estimate of drug-likeness (QED) is 0.0929. The average Bonchev–Trinajstić information content (AvgIpc) is 3.21. The fourth-order valence-electron chi connectivity index (χ4n) is 5.02. The second-order valence-corrected chi connectivity index (χ2v) is 9.25. The zero-order valence-electron chi connectivity index (χ0n) is 22.5. The van der Waals surface area contributed by atoms with Crippen molar-refractivity contribution < 1.29 is 19.3 Å². The third-order valence-corrected chi connectivity index (χ3v) is 6.86. The largest absolute Gasteiger partial charge is 0.397 e. The highest BCUT2D eigenvalue weighted by Crippen LogP contribution is 2.35. The topological polar surface area (TPSA) is 108 Å². The summed E-state index contributed by atoms with van der Waals surface area (Å²) in [5.41, 5.74) is 12.3. The Hall–Kier alpha value is -3.68. The van der Waals surface area contributed by atoms with Gasteiger partial charge in [-0.3, -0.25) is 4.79 Å². The van der Waals surface area contributed by atoms with Gasteiger partial charge in [0.25, 0.3) is 0 Å². The van der Waals surface area contributed by atoms with Crippen LogP contribution in [0.3, 0.4) is 0 Å². The SMILES string of the molecule is CCCC(CC)CC/C(=N\OC(C)=O)c1ccc2c(c1)c1cc(/C(CC)=N/OC=O)cc(N)c1n2CC. The van der Waals surface area contributed by atoms with Crippen molar-refractivity contribution >= 4 is 51.4 Å². The minimum atomic E-state index is -0.442. The Labute approximate surface area is 218 Å². The zero-order valence-corrected chi connectivity index (χ0v) is 22.5. The molecule has 0 aliphatic rings. The molecule has 0 saturated heterocycles. The number of carbonyl (C=O) groups is 2. The monoisotopic (exact) mass is 506 g/mol. The van der Waals surface area contributed by atoms with Crippen LogP contribution in [0.4, 0.5) is 5.69 Å².